The van der Waals surface area contributed by atoms with Gasteiger partial charge in [-0.15, -0.1) is 12.4 Å². The number of rotatable bonds is 1. The maximum atomic E-state index is 5.98. The van der Waals surface area contributed by atoms with Gasteiger partial charge in [0.2, 0.25) is 0 Å². The first-order valence-corrected chi connectivity index (χ1v) is 6.34. The van der Waals surface area contributed by atoms with Crippen LogP contribution in [0.2, 0.25) is 0 Å². The van der Waals surface area contributed by atoms with E-state index >= 15 is 0 Å². The molecule has 0 bridgehead atoms. The van der Waals surface area contributed by atoms with E-state index in [1.54, 1.807) is 0 Å². The average molecular weight is 254 g/mol. The quantitative estimate of drug-likeness (QED) is 0.831. The molecule has 3 heteroatoms. The summed E-state index contributed by atoms with van der Waals surface area (Å²) in [6.45, 7) is 1.84. The lowest BCUT2D eigenvalue weighted by Crippen LogP contribution is -2.59. The molecule has 0 amide bonds. The summed E-state index contributed by atoms with van der Waals surface area (Å²) in [6, 6.07) is 10.8. The predicted molar refractivity (Wildman–Crippen MR) is 71.6 cm³/mol. The molecule has 0 aromatic heterocycles. The molecule has 2 nitrogen and oxygen atoms in total. The topological polar surface area (TPSA) is 21.3 Å². The van der Waals surface area contributed by atoms with E-state index in [0.29, 0.717) is 6.10 Å². The Kier molecular flexibility index (Phi) is 4.08. The van der Waals surface area contributed by atoms with E-state index < -0.39 is 0 Å². The first-order chi connectivity index (χ1) is 7.92. The summed E-state index contributed by atoms with van der Waals surface area (Å²) in [4.78, 5) is 0. The minimum absolute atomic E-state index is 0. The molecule has 0 spiro atoms. The maximum absolute atomic E-state index is 5.98. The third kappa shape index (κ3) is 2.22. The minimum Gasteiger partial charge on any atom is -0.375 e. The van der Waals surface area contributed by atoms with Gasteiger partial charge in [0.05, 0.1) is 18.2 Å². The Labute approximate surface area is 109 Å². The normalized spacial score (nSPS) is 32.4. The third-order valence-corrected chi connectivity index (χ3v) is 3.99. The Morgan fingerprint density at radius 1 is 1.18 bits per heavy atom. The van der Waals surface area contributed by atoms with Gasteiger partial charge in [-0.05, 0) is 18.4 Å². The number of halogens is 1. The first-order valence-electron chi connectivity index (χ1n) is 6.34. The van der Waals surface area contributed by atoms with E-state index in [1.807, 2.05) is 0 Å². The molecule has 1 N–H and O–H groups in total. The fraction of sp³-hybridized carbons (Fsp3) is 0.571. The molecule has 0 radical (unpaired) electrons. The monoisotopic (exact) mass is 253 g/mol. The van der Waals surface area contributed by atoms with Gasteiger partial charge in [0.1, 0.15) is 0 Å². The molecule has 1 aliphatic carbocycles. The van der Waals surface area contributed by atoms with Crippen molar-refractivity contribution < 1.29 is 4.74 Å². The van der Waals surface area contributed by atoms with E-state index in [1.165, 1.54) is 31.2 Å². The van der Waals surface area contributed by atoms with Gasteiger partial charge in [0, 0.05) is 6.54 Å². The van der Waals surface area contributed by atoms with Crippen molar-refractivity contribution in [1.29, 1.82) is 0 Å². The molecular formula is C14H20ClNO. The van der Waals surface area contributed by atoms with Crippen LogP contribution < -0.4 is 5.32 Å². The van der Waals surface area contributed by atoms with E-state index in [0.717, 1.165) is 13.2 Å². The lowest BCUT2D eigenvalue weighted by Gasteiger charge is -2.48. The second-order valence-corrected chi connectivity index (χ2v) is 4.87. The van der Waals surface area contributed by atoms with Crippen molar-refractivity contribution in [2.75, 3.05) is 13.2 Å². The molecule has 1 aromatic carbocycles. The van der Waals surface area contributed by atoms with Gasteiger partial charge in [0.25, 0.3) is 0 Å². The first kappa shape index (κ1) is 12.9. The molecule has 1 aromatic rings. The second-order valence-electron chi connectivity index (χ2n) is 4.87. The average Bonchev–Trinajstić information content (AvgIpc) is 2.40. The fourth-order valence-electron chi connectivity index (χ4n) is 3.21. The summed E-state index contributed by atoms with van der Waals surface area (Å²) in [7, 11) is 0. The molecule has 1 saturated heterocycles. The van der Waals surface area contributed by atoms with Crippen molar-refractivity contribution in [3.8, 4) is 0 Å². The molecule has 2 fully saturated rings. The molecule has 17 heavy (non-hydrogen) atoms. The molecule has 2 aliphatic rings. The molecule has 1 aliphatic heterocycles. The zero-order valence-electron chi connectivity index (χ0n) is 10.0. The number of fused-ring (bicyclic) bond motifs is 1. The van der Waals surface area contributed by atoms with E-state index in [-0.39, 0.29) is 17.9 Å². The summed E-state index contributed by atoms with van der Waals surface area (Å²) in [6.07, 6.45) is 5.39. The van der Waals surface area contributed by atoms with Gasteiger partial charge in [-0.25, -0.2) is 0 Å². The standard InChI is InChI=1S/C14H19NO.ClH/c1-2-6-12(7-3-1)14-9-5-4-8-13(14)16-11-10-15-14;/h1-3,6-7,13,15H,4-5,8-11H2;1H. The summed E-state index contributed by atoms with van der Waals surface area (Å²) in [5, 5.41) is 3.73. The van der Waals surface area contributed by atoms with Crippen molar-refractivity contribution in [1.82, 2.24) is 5.32 Å². The summed E-state index contributed by atoms with van der Waals surface area (Å²) >= 11 is 0. The molecule has 94 valence electrons. The lowest BCUT2D eigenvalue weighted by molar-refractivity contribution is -0.0756. The van der Waals surface area contributed by atoms with Crippen molar-refractivity contribution in [2.45, 2.75) is 37.3 Å². The SMILES string of the molecule is Cl.c1ccc(C23CCCCC2OCCN3)cc1. The van der Waals surface area contributed by atoms with Gasteiger partial charge in [-0.1, -0.05) is 43.2 Å². The molecule has 3 rings (SSSR count). The highest BCUT2D eigenvalue weighted by atomic mass is 35.5. The van der Waals surface area contributed by atoms with Crippen LogP contribution in [-0.4, -0.2) is 19.3 Å². The van der Waals surface area contributed by atoms with Crippen LogP contribution >= 0.6 is 12.4 Å². The number of morpholine rings is 1. The highest BCUT2D eigenvalue weighted by Crippen LogP contribution is 2.40. The summed E-state index contributed by atoms with van der Waals surface area (Å²) in [5.74, 6) is 0. The van der Waals surface area contributed by atoms with Crippen LogP contribution in [0.1, 0.15) is 31.2 Å². The van der Waals surface area contributed by atoms with Crippen LogP contribution in [-0.2, 0) is 10.3 Å². The van der Waals surface area contributed by atoms with Gasteiger partial charge in [-0.3, -0.25) is 0 Å². The Hall–Kier alpha value is -0.570. The lowest BCUT2D eigenvalue weighted by atomic mass is 9.73. The smallest absolute Gasteiger partial charge is 0.0799 e. The van der Waals surface area contributed by atoms with Crippen LogP contribution in [0.5, 0.6) is 0 Å². The van der Waals surface area contributed by atoms with Gasteiger partial charge >= 0.3 is 0 Å². The number of ether oxygens (including phenoxy) is 1. The van der Waals surface area contributed by atoms with Gasteiger partial charge in [-0.2, -0.15) is 0 Å². The van der Waals surface area contributed by atoms with Crippen molar-refractivity contribution in [2.24, 2.45) is 0 Å². The van der Waals surface area contributed by atoms with Crippen LogP contribution in [0, 0.1) is 0 Å². The molecule has 2 atom stereocenters. The van der Waals surface area contributed by atoms with E-state index in [2.05, 4.69) is 35.6 Å². The highest BCUT2D eigenvalue weighted by molar-refractivity contribution is 5.85. The molecule has 1 saturated carbocycles. The molecule has 2 unspecified atom stereocenters. The van der Waals surface area contributed by atoms with E-state index in [9.17, 15) is 0 Å². The fourth-order valence-corrected chi connectivity index (χ4v) is 3.21. The third-order valence-electron chi connectivity index (χ3n) is 3.99. The van der Waals surface area contributed by atoms with Crippen LogP contribution in [0.4, 0.5) is 0 Å². The summed E-state index contributed by atoms with van der Waals surface area (Å²) < 4.78 is 5.98. The Morgan fingerprint density at radius 2 is 2.00 bits per heavy atom. The minimum atomic E-state index is 0. The number of nitrogens with one attached hydrogen (secondary N) is 1. The Morgan fingerprint density at radius 3 is 2.82 bits per heavy atom. The maximum Gasteiger partial charge on any atom is 0.0799 e. The predicted octanol–water partition coefficient (Wildman–Crippen LogP) is 2.87. The van der Waals surface area contributed by atoms with Crippen molar-refractivity contribution >= 4 is 12.4 Å². The zero-order chi connectivity index (χ0) is 10.8. The second kappa shape index (κ2) is 5.38. The van der Waals surface area contributed by atoms with Crippen molar-refractivity contribution in [3.05, 3.63) is 35.9 Å². The van der Waals surface area contributed by atoms with Gasteiger partial charge < -0.3 is 10.1 Å². The largest absolute Gasteiger partial charge is 0.375 e. The highest BCUT2D eigenvalue weighted by Gasteiger charge is 2.44. The molecular weight excluding hydrogens is 234 g/mol. The van der Waals surface area contributed by atoms with Crippen LogP contribution in [0.25, 0.3) is 0 Å². The van der Waals surface area contributed by atoms with Crippen LogP contribution in [0.15, 0.2) is 30.3 Å². The number of benzene rings is 1. The Balaban J connectivity index is 0.00000108. The van der Waals surface area contributed by atoms with Crippen LogP contribution in [0.3, 0.4) is 0 Å². The zero-order valence-corrected chi connectivity index (χ0v) is 10.8. The van der Waals surface area contributed by atoms with E-state index in [4.69, 9.17) is 4.74 Å². The Bertz CT molecular complexity index is 342. The number of hydrogen-bond acceptors (Lipinski definition) is 2. The summed E-state index contributed by atoms with van der Waals surface area (Å²) in [5.41, 5.74) is 1.50. The molecule has 1 heterocycles. The van der Waals surface area contributed by atoms with Crippen molar-refractivity contribution in [3.63, 3.8) is 0 Å². The van der Waals surface area contributed by atoms with Gasteiger partial charge in [0.15, 0.2) is 0 Å². The number of hydrogen-bond donors (Lipinski definition) is 1.